The summed E-state index contributed by atoms with van der Waals surface area (Å²) in [6.45, 7) is 3.51. The van der Waals surface area contributed by atoms with Crippen molar-refractivity contribution in [2.45, 2.75) is 39.3 Å². The second-order valence-corrected chi connectivity index (χ2v) is 6.17. The Hall–Kier alpha value is -1.91. The molecule has 0 aliphatic rings. The molecule has 0 fully saturated rings. The fourth-order valence-electron chi connectivity index (χ4n) is 2.69. The van der Waals surface area contributed by atoms with Gasteiger partial charge in [-0.05, 0) is 23.6 Å². The summed E-state index contributed by atoms with van der Waals surface area (Å²) >= 11 is 6.05. The van der Waals surface area contributed by atoms with Gasteiger partial charge in [0, 0.05) is 19.2 Å². The summed E-state index contributed by atoms with van der Waals surface area (Å²) in [7, 11) is 0. The van der Waals surface area contributed by atoms with E-state index in [0.717, 1.165) is 48.4 Å². The number of unbranched alkanes of at least 4 members (excludes halogenated alkanes) is 1. The molecule has 0 aliphatic heterocycles. The van der Waals surface area contributed by atoms with Crippen molar-refractivity contribution in [2.75, 3.05) is 0 Å². The van der Waals surface area contributed by atoms with Crippen molar-refractivity contribution in [1.29, 1.82) is 0 Å². The Morgan fingerprint density at radius 1 is 1.17 bits per heavy atom. The highest BCUT2D eigenvalue weighted by Crippen LogP contribution is 2.21. The Morgan fingerprint density at radius 3 is 2.61 bits per heavy atom. The lowest BCUT2D eigenvalue weighted by Gasteiger charge is -2.09. The van der Waals surface area contributed by atoms with Gasteiger partial charge in [0.05, 0.1) is 11.6 Å². The lowest BCUT2D eigenvalue weighted by atomic mass is 10.1. The summed E-state index contributed by atoms with van der Waals surface area (Å²) in [5.74, 6) is 1.07. The summed E-state index contributed by atoms with van der Waals surface area (Å²) in [5, 5.41) is 0.622. The highest BCUT2D eigenvalue weighted by molar-refractivity contribution is 6.31. The molecule has 0 aliphatic carbocycles. The predicted molar refractivity (Wildman–Crippen MR) is 94.6 cm³/mol. The van der Waals surface area contributed by atoms with Crippen LogP contribution in [0.25, 0.3) is 11.2 Å². The van der Waals surface area contributed by atoms with Gasteiger partial charge in [0.25, 0.3) is 0 Å². The molecule has 0 atom stereocenters. The molecule has 0 bridgehead atoms. The van der Waals surface area contributed by atoms with E-state index >= 15 is 0 Å². The largest absolute Gasteiger partial charge is 0.326 e. The van der Waals surface area contributed by atoms with Gasteiger partial charge in [-0.2, -0.15) is 0 Å². The molecule has 23 heavy (non-hydrogen) atoms. The van der Waals surface area contributed by atoms with Crippen molar-refractivity contribution in [3.63, 3.8) is 0 Å². The molecule has 0 radical (unpaired) electrons. The lowest BCUT2D eigenvalue weighted by Crippen LogP contribution is -2.06. The minimum Gasteiger partial charge on any atom is -0.326 e. The Morgan fingerprint density at radius 2 is 1.91 bits per heavy atom. The molecule has 3 aromatic rings. The summed E-state index contributed by atoms with van der Waals surface area (Å²) < 4.78 is 2.19. The van der Waals surface area contributed by atoms with Crippen LogP contribution in [0.5, 0.6) is 0 Å². The Labute approximate surface area is 141 Å². The Bertz CT molecular complexity index is 793. The maximum atomic E-state index is 6.05. The van der Waals surface area contributed by atoms with Crippen LogP contribution in [0.1, 0.15) is 36.7 Å². The van der Waals surface area contributed by atoms with Crippen LogP contribution in [0.2, 0.25) is 5.02 Å². The second kappa shape index (κ2) is 7.11. The van der Waals surface area contributed by atoms with E-state index in [1.807, 2.05) is 6.07 Å². The summed E-state index contributed by atoms with van der Waals surface area (Å²) in [6.07, 6.45) is 4.89. The maximum Gasteiger partial charge on any atom is 0.160 e. The van der Waals surface area contributed by atoms with Crippen molar-refractivity contribution in [1.82, 2.24) is 14.5 Å². The number of fused-ring (bicyclic) bond motifs is 1. The van der Waals surface area contributed by atoms with E-state index in [0.29, 0.717) is 11.6 Å². The first-order valence-corrected chi connectivity index (χ1v) is 8.37. The van der Waals surface area contributed by atoms with Gasteiger partial charge in [0.2, 0.25) is 0 Å². The van der Waals surface area contributed by atoms with Crippen molar-refractivity contribution in [3.8, 4) is 0 Å². The number of pyridine rings is 1. The molecule has 120 valence electrons. The topological polar surface area (TPSA) is 56.7 Å². The van der Waals surface area contributed by atoms with Crippen molar-refractivity contribution < 1.29 is 0 Å². The van der Waals surface area contributed by atoms with Gasteiger partial charge in [0.15, 0.2) is 5.65 Å². The van der Waals surface area contributed by atoms with Crippen LogP contribution in [0.15, 0.2) is 36.5 Å². The number of benzene rings is 1. The molecule has 0 saturated carbocycles. The smallest absolute Gasteiger partial charge is 0.160 e. The monoisotopic (exact) mass is 328 g/mol. The standard InChI is InChI=1S/C18H21ClN4/c1-2-3-4-17-22-16-9-15(19)11-21-18(16)23(17)12-14-7-5-13(10-20)6-8-14/h5-9,11H,2-4,10,12,20H2,1H3. The fraction of sp³-hybridized carbons (Fsp3) is 0.333. The van der Waals surface area contributed by atoms with Crippen LogP contribution in [0.3, 0.4) is 0 Å². The van der Waals surface area contributed by atoms with Crippen molar-refractivity contribution >= 4 is 22.8 Å². The highest BCUT2D eigenvalue weighted by atomic mass is 35.5. The number of nitrogens with zero attached hydrogens (tertiary/aromatic N) is 3. The van der Waals surface area contributed by atoms with Gasteiger partial charge in [-0.25, -0.2) is 9.97 Å². The molecule has 5 heteroatoms. The van der Waals surface area contributed by atoms with Crippen molar-refractivity contribution in [2.24, 2.45) is 5.73 Å². The first kappa shape index (κ1) is 16.0. The quantitative estimate of drug-likeness (QED) is 0.745. The molecule has 0 unspecified atom stereocenters. The van der Waals surface area contributed by atoms with Crippen LogP contribution in [-0.2, 0) is 19.5 Å². The van der Waals surface area contributed by atoms with Crippen LogP contribution in [0.4, 0.5) is 0 Å². The summed E-state index contributed by atoms with van der Waals surface area (Å²) in [5.41, 5.74) is 9.78. The van der Waals surface area contributed by atoms with Gasteiger partial charge in [-0.15, -0.1) is 0 Å². The first-order valence-electron chi connectivity index (χ1n) is 7.99. The third-order valence-electron chi connectivity index (χ3n) is 3.98. The zero-order valence-corrected chi connectivity index (χ0v) is 14.1. The third-order valence-corrected chi connectivity index (χ3v) is 4.19. The molecule has 2 heterocycles. The summed E-state index contributed by atoms with van der Waals surface area (Å²) in [4.78, 5) is 9.22. The predicted octanol–water partition coefficient (Wildman–Crippen LogP) is 3.93. The van der Waals surface area contributed by atoms with Gasteiger partial charge in [-0.3, -0.25) is 0 Å². The fourth-order valence-corrected chi connectivity index (χ4v) is 2.84. The number of aromatic nitrogens is 3. The lowest BCUT2D eigenvalue weighted by molar-refractivity contribution is 0.686. The number of hydrogen-bond donors (Lipinski definition) is 1. The molecule has 0 amide bonds. The Balaban J connectivity index is 1.98. The van der Waals surface area contributed by atoms with Gasteiger partial charge >= 0.3 is 0 Å². The minimum absolute atomic E-state index is 0.566. The van der Waals surface area contributed by atoms with Crippen molar-refractivity contribution in [3.05, 3.63) is 58.5 Å². The molecule has 2 aromatic heterocycles. The maximum absolute atomic E-state index is 6.05. The van der Waals surface area contributed by atoms with Crippen LogP contribution >= 0.6 is 11.6 Å². The average Bonchev–Trinajstić information content (AvgIpc) is 2.90. The molecule has 0 saturated heterocycles. The molecular weight excluding hydrogens is 308 g/mol. The van der Waals surface area contributed by atoms with Crippen LogP contribution in [0, 0.1) is 0 Å². The summed E-state index contributed by atoms with van der Waals surface area (Å²) in [6, 6.07) is 10.3. The third kappa shape index (κ3) is 3.54. The van der Waals surface area contributed by atoms with E-state index < -0.39 is 0 Å². The number of imidazole rings is 1. The van der Waals surface area contributed by atoms with E-state index in [2.05, 4.69) is 40.7 Å². The second-order valence-electron chi connectivity index (χ2n) is 5.73. The number of hydrogen-bond acceptors (Lipinski definition) is 3. The Kier molecular flexibility index (Phi) is 4.94. The zero-order valence-electron chi connectivity index (χ0n) is 13.3. The molecular formula is C18H21ClN4. The van der Waals surface area contributed by atoms with E-state index in [4.69, 9.17) is 22.3 Å². The van der Waals surface area contributed by atoms with Crippen LogP contribution < -0.4 is 5.73 Å². The van der Waals surface area contributed by atoms with E-state index in [1.54, 1.807) is 6.20 Å². The van der Waals surface area contributed by atoms with Crippen LogP contribution in [-0.4, -0.2) is 14.5 Å². The molecule has 3 rings (SSSR count). The minimum atomic E-state index is 0.566. The number of halogens is 1. The average molecular weight is 329 g/mol. The number of aryl methyl sites for hydroxylation is 1. The van der Waals surface area contributed by atoms with E-state index in [9.17, 15) is 0 Å². The SMILES string of the molecule is CCCCc1nc2cc(Cl)cnc2n1Cc1ccc(CN)cc1. The molecule has 1 aromatic carbocycles. The zero-order chi connectivity index (χ0) is 16.2. The number of rotatable bonds is 6. The van der Waals surface area contributed by atoms with Gasteiger partial charge < -0.3 is 10.3 Å². The normalized spacial score (nSPS) is 11.3. The molecule has 4 nitrogen and oxygen atoms in total. The highest BCUT2D eigenvalue weighted by Gasteiger charge is 2.12. The number of nitrogens with two attached hydrogens (primary N) is 1. The first-order chi connectivity index (χ1) is 11.2. The van der Waals surface area contributed by atoms with Gasteiger partial charge in [0.1, 0.15) is 11.3 Å². The van der Waals surface area contributed by atoms with E-state index in [1.165, 1.54) is 5.56 Å². The molecule has 2 N–H and O–H groups in total. The van der Waals surface area contributed by atoms with E-state index in [-0.39, 0.29) is 0 Å². The molecule has 0 spiro atoms. The van der Waals surface area contributed by atoms with Gasteiger partial charge in [-0.1, -0.05) is 49.2 Å².